The van der Waals surface area contributed by atoms with Gasteiger partial charge in [0.05, 0.1) is 24.5 Å². The molecule has 1 aliphatic heterocycles. The molecule has 3 N–H and O–H groups in total. The Morgan fingerprint density at radius 1 is 1.23 bits per heavy atom. The van der Waals surface area contributed by atoms with Gasteiger partial charge in [-0.15, -0.1) is 0 Å². The molecule has 0 bridgehead atoms. The lowest BCUT2D eigenvalue weighted by Gasteiger charge is -2.38. The second-order valence-corrected chi connectivity index (χ2v) is 9.10. The normalized spacial score (nSPS) is 25.5. The molecule has 3 rings (SSSR count). The van der Waals surface area contributed by atoms with Gasteiger partial charge in [-0.3, -0.25) is 14.5 Å². The van der Waals surface area contributed by atoms with Gasteiger partial charge in [-0.05, 0) is 43.7 Å². The van der Waals surface area contributed by atoms with Crippen molar-refractivity contribution in [3.05, 3.63) is 46.5 Å². The SMILES string of the molecule is C/C(=C\c1ccccc1O)CC[C@@H](O)C1=C(C(C)C)C[C@H]2C(=O)N(C)C(=O)[C@H]2[C@H]1CO. The molecule has 6 heteroatoms. The highest BCUT2D eigenvalue weighted by atomic mass is 16.3. The minimum atomic E-state index is -0.808. The zero-order valence-electron chi connectivity index (χ0n) is 18.7. The lowest BCUT2D eigenvalue weighted by Crippen LogP contribution is -2.39. The van der Waals surface area contributed by atoms with Gasteiger partial charge in [0.1, 0.15) is 5.75 Å². The topological polar surface area (TPSA) is 98.1 Å². The number of hydrogen-bond acceptors (Lipinski definition) is 5. The van der Waals surface area contributed by atoms with Crippen molar-refractivity contribution >= 4 is 17.9 Å². The number of aliphatic hydroxyl groups excluding tert-OH is 2. The average molecular weight is 428 g/mol. The van der Waals surface area contributed by atoms with Gasteiger partial charge in [0, 0.05) is 18.5 Å². The van der Waals surface area contributed by atoms with Crippen LogP contribution in [0.15, 0.2) is 41.0 Å². The highest BCUT2D eigenvalue weighted by molar-refractivity contribution is 6.05. The Kier molecular flexibility index (Phi) is 7.02. The number of para-hydroxylation sites is 1. The number of aromatic hydroxyl groups is 1. The van der Waals surface area contributed by atoms with E-state index in [9.17, 15) is 24.9 Å². The minimum Gasteiger partial charge on any atom is -0.507 e. The molecule has 0 saturated carbocycles. The highest BCUT2D eigenvalue weighted by Crippen LogP contribution is 2.47. The first-order valence-electron chi connectivity index (χ1n) is 11.0. The summed E-state index contributed by atoms with van der Waals surface area (Å²) in [5, 5.41) is 31.3. The maximum Gasteiger partial charge on any atom is 0.233 e. The molecule has 0 unspecified atom stereocenters. The zero-order valence-corrected chi connectivity index (χ0v) is 18.7. The van der Waals surface area contributed by atoms with E-state index in [4.69, 9.17) is 0 Å². The van der Waals surface area contributed by atoms with Crippen LogP contribution in [-0.4, -0.2) is 51.8 Å². The summed E-state index contributed by atoms with van der Waals surface area (Å²) in [4.78, 5) is 26.5. The summed E-state index contributed by atoms with van der Waals surface area (Å²) in [7, 11) is 1.50. The summed E-state index contributed by atoms with van der Waals surface area (Å²) < 4.78 is 0. The van der Waals surface area contributed by atoms with E-state index < -0.39 is 23.9 Å². The molecule has 1 aromatic rings. The molecule has 1 heterocycles. The number of carbonyl (C=O) groups excluding carboxylic acids is 2. The third-order valence-electron chi connectivity index (χ3n) is 6.74. The fourth-order valence-electron chi connectivity index (χ4n) is 5.07. The average Bonchev–Trinajstić information content (AvgIpc) is 2.96. The number of phenolic OH excluding ortho intramolecular Hbond substituents is 1. The summed E-state index contributed by atoms with van der Waals surface area (Å²) >= 11 is 0. The first-order chi connectivity index (χ1) is 14.7. The Morgan fingerprint density at radius 2 is 1.90 bits per heavy atom. The van der Waals surface area contributed by atoms with Gasteiger partial charge >= 0.3 is 0 Å². The molecule has 0 radical (unpaired) electrons. The van der Waals surface area contributed by atoms with Crippen LogP contribution in [0.2, 0.25) is 0 Å². The molecule has 1 aliphatic carbocycles. The number of carbonyl (C=O) groups is 2. The van der Waals surface area contributed by atoms with Crippen LogP contribution in [0.5, 0.6) is 5.75 Å². The van der Waals surface area contributed by atoms with Crippen LogP contribution in [-0.2, 0) is 9.59 Å². The fourth-order valence-corrected chi connectivity index (χ4v) is 5.07. The first-order valence-corrected chi connectivity index (χ1v) is 11.0. The van der Waals surface area contributed by atoms with Crippen LogP contribution in [0, 0.1) is 23.7 Å². The Hall–Kier alpha value is -2.44. The van der Waals surface area contributed by atoms with E-state index >= 15 is 0 Å². The van der Waals surface area contributed by atoms with Gasteiger partial charge in [0.25, 0.3) is 0 Å². The van der Waals surface area contributed by atoms with E-state index in [2.05, 4.69) is 0 Å². The third-order valence-corrected chi connectivity index (χ3v) is 6.74. The molecule has 0 aromatic heterocycles. The quantitative estimate of drug-likeness (QED) is 0.459. The summed E-state index contributed by atoms with van der Waals surface area (Å²) in [6.45, 7) is 5.71. The molecule has 1 saturated heterocycles. The van der Waals surface area contributed by atoms with Gasteiger partial charge in [-0.1, -0.05) is 49.3 Å². The Morgan fingerprint density at radius 3 is 2.52 bits per heavy atom. The molecule has 2 amide bonds. The van der Waals surface area contributed by atoms with Gasteiger partial charge in [-0.25, -0.2) is 0 Å². The van der Waals surface area contributed by atoms with E-state index in [1.165, 1.54) is 11.9 Å². The molecule has 31 heavy (non-hydrogen) atoms. The largest absolute Gasteiger partial charge is 0.507 e. The maximum atomic E-state index is 12.7. The summed E-state index contributed by atoms with van der Waals surface area (Å²) in [5.41, 5.74) is 3.44. The van der Waals surface area contributed by atoms with Crippen molar-refractivity contribution in [3.8, 4) is 5.75 Å². The first kappa shape index (κ1) is 23.2. The van der Waals surface area contributed by atoms with Crippen molar-refractivity contribution in [2.75, 3.05) is 13.7 Å². The van der Waals surface area contributed by atoms with Gasteiger partial charge in [0.2, 0.25) is 11.8 Å². The van der Waals surface area contributed by atoms with Crippen LogP contribution in [0.1, 0.15) is 45.6 Å². The molecule has 1 fully saturated rings. The molecule has 0 spiro atoms. The number of rotatable bonds is 7. The second kappa shape index (κ2) is 9.37. The third kappa shape index (κ3) is 4.46. The van der Waals surface area contributed by atoms with E-state index in [0.717, 1.165) is 22.3 Å². The van der Waals surface area contributed by atoms with E-state index in [1.54, 1.807) is 12.1 Å². The number of allylic oxidation sites excluding steroid dienone is 2. The van der Waals surface area contributed by atoms with Crippen LogP contribution < -0.4 is 0 Å². The number of aliphatic hydroxyl groups is 2. The van der Waals surface area contributed by atoms with Crippen molar-refractivity contribution < 1.29 is 24.9 Å². The number of nitrogens with zero attached hydrogens (tertiary/aromatic N) is 1. The number of hydrogen-bond donors (Lipinski definition) is 3. The Balaban J connectivity index is 1.85. The maximum absolute atomic E-state index is 12.7. The van der Waals surface area contributed by atoms with Crippen molar-refractivity contribution in [2.24, 2.45) is 23.7 Å². The van der Waals surface area contributed by atoms with E-state index in [0.29, 0.717) is 19.3 Å². The minimum absolute atomic E-state index is 0.103. The van der Waals surface area contributed by atoms with Crippen LogP contribution in [0.25, 0.3) is 6.08 Å². The lowest BCUT2D eigenvalue weighted by molar-refractivity contribution is -0.138. The van der Waals surface area contributed by atoms with Gasteiger partial charge in [0.15, 0.2) is 0 Å². The standard InChI is InChI=1S/C25H33NO5/c1-14(2)17-12-18-23(25(31)26(4)24(18)30)19(13-27)22(17)21(29)10-9-15(3)11-16-7-5-6-8-20(16)28/h5-8,11,14,18-19,21,23,27-29H,9-10,12-13H2,1-4H3/b15-11+/t18-,19+,21-,23-/m1/s1. The zero-order chi connectivity index (χ0) is 22.9. The van der Waals surface area contributed by atoms with E-state index in [-0.39, 0.29) is 30.1 Å². The summed E-state index contributed by atoms with van der Waals surface area (Å²) in [6.07, 6.45) is 2.58. The van der Waals surface area contributed by atoms with Crippen molar-refractivity contribution in [1.82, 2.24) is 4.90 Å². The highest BCUT2D eigenvalue weighted by Gasteiger charge is 2.53. The summed E-state index contributed by atoms with van der Waals surface area (Å²) in [5.74, 6) is -1.75. The van der Waals surface area contributed by atoms with Crippen LogP contribution in [0.3, 0.4) is 0 Å². The Bertz CT molecular complexity index is 916. The second-order valence-electron chi connectivity index (χ2n) is 9.10. The number of benzene rings is 1. The predicted octanol–water partition coefficient (Wildman–Crippen LogP) is 3.13. The van der Waals surface area contributed by atoms with E-state index in [1.807, 2.05) is 39.0 Å². The fraction of sp³-hybridized carbons (Fsp3) is 0.520. The van der Waals surface area contributed by atoms with Gasteiger partial charge in [-0.2, -0.15) is 0 Å². The number of imide groups is 1. The number of likely N-dealkylation sites (tertiary alicyclic amines) is 1. The Labute approximate surface area is 183 Å². The summed E-state index contributed by atoms with van der Waals surface area (Å²) in [6, 6.07) is 7.09. The smallest absolute Gasteiger partial charge is 0.233 e. The van der Waals surface area contributed by atoms with Gasteiger partial charge < -0.3 is 15.3 Å². The number of fused-ring (bicyclic) bond motifs is 1. The molecule has 168 valence electrons. The monoisotopic (exact) mass is 427 g/mol. The van der Waals surface area contributed by atoms with Crippen LogP contribution in [0.4, 0.5) is 0 Å². The van der Waals surface area contributed by atoms with Crippen molar-refractivity contribution in [1.29, 1.82) is 0 Å². The molecule has 1 aromatic carbocycles. The van der Waals surface area contributed by atoms with Crippen LogP contribution >= 0.6 is 0 Å². The number of phenols is 1. The molecule has 6 nitrogen and oxygen atoms in total. The molecule has 2 aliphatic rings. The molecule has 4 atom stereocenters. The molecular weight excluding hydrogens is 394 g/mol. The molecular formula is C25H33NO5. The van der Waals surface area contributed by atoms with Crippen molar-refractivity contribution in [2.45, 2.75) is 46.1 Å². The van der Waals surface area contributed by atoms with Crippen molar-refractivity contribution in [3.63, 3.8) is 0 Å². The predicted molar refractivity (Wildman–Crippen MR) is 119 cm³/mol. The lowest BCUT2D eigenvalue weighted by atomic mass is 9.66. The number of amides is 2.